The van der Waals surface area contributed by atoms with Crippen molar-refractivity contribution in [1.29, 1.82) is 0 Å². The molecular weight excluding hydrogens is 372 g/mol. The highest BCUT2D eigenvalue weighted by molar-refractivity contribution is 7.89. The molecule has 1 amide bonds. The summed E-state index contributed by atoms with van der Waals surface area (Å²) in [5.41, 5.74) is -0.161. The number of amides is 1. The number of sulfonamides is 1. The third-order valence-corrected chi connectivity index (χ3v) is 6.96. The van der Waals surface area contributed by atoms with Gasteiger partial charge in [0.15, 0.2) is 0 Å². The Hall–Kier alpha value is -2.04. The molecule has 0 spiro atoms. The quantitative estimate of drug-likeness (QED) is 0.562. The SMILES string of the molecule is O=C(NC1CCCNC1)C1CCCN(S(=O)(=O)c2ccc([N+](=O)[O-])cc2)C1. The fraction of sp³-hybridized carbons (Fsp3) is 0.588. The lowest BCUT2D eigenvalue weighted by Gasteiger charge is -2.32. The van der Waals surface area contributed by atoms with Gasteiger partial charge in [0.25, 0.3) is 5.69 Å². The monoisotopic (exact) mass is 396 g/mol. The van der Waals surface area contributed by atoms with Crippen LogP contribution in [0.4, 0.5) is 5.69 Å². The number of piperidine rings is 2. The molecule has 0 aromatic heterocycles. The van der Waals surface area contributed by atoms with Crippen molar-refractivity contribution >= 4 is 21.6 Å². The molecule has 0 radical (unpaired) electrons. The molecule has 2 fully saturated rings. The van der Waals surface area contributed by atoms with Crippen molar-refractivity contribution in [3.05, 3.63) is 34.4 Å². The Labute approximate surface area is 158 Å². The molecule has 2 heterocycles. The number of benzene rings is 1. The topological polar surface area (TPSA) is 122 Å². The molecule has 0 bridgehead atoms. The molecule has 2 saturated heterocycles. The minimum absolute atomic E-state index is 0.00522. The number of nitrogens with zero attached hydrogens (tertiary/aromatic N) is 2. The van der Waals surface area contributed by atoms with Crippen molar-refractivity contribution in [2.45, 2.75) is 36.6 Å². The second kappa shape index (κ2) is 8.32. The lowest BCUT2D eigenvalue weighted by molar-refractivity contribution is -0.384. The van der Waals surface area contributed by atoms with Crippen LogP contribution in [0, 0.1) is 16.0 Å². The van der Waals surface area contributed by atoms with Gasteiger partial charge in [-0.05, 0) is 44.4 Å². The number of nitro groups is 1. The normalized spacial score (nSPS) is 24.3. The van der Waals surface area contributed by atoms with Crippen molar-refractivity contribution in [3.8, 4) is 0 Å². The summed E-state index contributed by atoms with van der Waals surface area (Å²) in [7, 11) is -3.79. The number of non-ortho nitro benzene ring substituents is 1. The van der Waals surface area contributed by atoms with E-state index in [0.29, 0.717) is 19.4 Å². The highest BCUT2D eigenvalue weighted by Gasteiger charge is 2.34. The lowest BCUT2D eigenvalue weighted by Crippen LogP contribution is -2.51. The van der Waals surface area contributed by atoms with Crippen LogP contribution in [0.1, 0.15) is 25.7 Å². The van der Waals surface area contributed by atoms with Crippen molar-refractivity contribution in [3.63, 3.8) is 0 Å². The smallest absolute Gasteiger partial charge is 0.269 e. The zero-order valence-electron chi connectivity index (χ0n) is 15.0. The molecule has 2 unspecified atom stereocenters. The van der Waals surface area contributed by atoms with Crippen molar-refractivity contribution in [2.75, 3.05) is 26.2 Å². The number of carbonyl (C=O) groups excluding carboxylic acids is 1. The highest BCUT2D eigenvalue weighted by Crippen LogP contribution is 2.25. The predicted octanol–water partition coefficient (Wildman–Crippen LogP) is 0.864. The maximum Gasteiger partial charge on any atom is 0.269 e. The summed E-state index contributed by atoms with van der Waals surface area (Å²) in [6.45, 7) is 2.17. The molecule has 2 atom stereocenters. The van der Waals surface area contributed by atoms with Gasteiger partial charge in [0.1, 0.15) is 0 Å². The molecule has 27 heavy (non-hydrogen) atoms. The van der Waals surface area contributed by atoms with Crippen LogP contribution in [0.3, 0.4) is 0 Å². The van der Waals surface area contributed by atoms with Gasteiger partial charge in [-0.1, -0.05) is 0 Å². The first kappa shape index (κ1) is 19.7. The number of hydrogen-bond donors (Lipinski definition) is 2. The van der Waals surface area contributed by atoms with Crippen molar-refractivity contribution < 1.29 is 18.1 Å². The Bertz CT molecular complexity index is 790. The summed E-state index contributed by atoms with van der Waals surface area (Å²) in [5, 5.41) is 17.0. The minimum Gasteiger partial charge on any atom is -0.352 e. The average Bonchev–Trinajstić information content (AvgIpc) is 2.69. The zero-order valence-corrected chi connectivity index (χ0v) is 15.8. The number of nitro benzene ring substituents is 1. The van der Waals surface area contributed by atoms with Crippen LogP contribution >= 0.6 is 0 Å². The van der Waals surface area contributed by atoms with Crippen LogP contribution in [0.2, 0.25) is 0 Å². The molecule has 148 valence electrons. The van der Waals surface area contributed by atoms with E-state index < -0.39 is 14.9 Å². The van der Waals surface area contributed by atoms with Gasteiger partial charge in [-0.3, -0.25) is 14.9 Å². The molecule has 2 N–H and O–H groups in total. The fourth-order valence-corrected chi connectivity index (χ4v) is 5.08. The third kappa shape index (κ3) is 4.63. The molecule has 1 aromatic rings. The van der Waals surface area contributed by atoms with Gasteiger partial charge < -0.3 is 10.6 Å². The van der Waals surface area contributed by atoms with Crippen LogP contribution in [-0.4, -0.2) is 55.8 Å². The standard InChI is InChI=1S/C17H24N4O5S/c22-17(19-14-4-1-9-18-11-14)13-3-2-10-20(12-13)27(25,26)16-7-5-15(6-8-16)21(23)24/h5-8,13-14,18H,1-4,9-12H2,(H,19,22). The van der Waals surface area contributed by atoms with Gasteiger partial charge in [0.2, 0.25) is 15.9 Å². The highest BCUT2D eigenvalue weighted by atomic mass is 32.2. The number of hydrogen-bond acceptors (Lipinski definition) is 6. The van der Waals surface area contributed by atoms with Gasteiger partial charge in [0.05, 0.1) is 15.7 Å². The predicted molar refractivity (Wildman–Crippen MR) is 98.6 cm³/mol. The van der Waals surface area contributed by atoms with Crippen molar-refractivity contribution in [1.82, 2.24) is 14.9 Å². The Kier molecular flexibility index (Phi) is 6.08. The van der Waals surface area contributed by atoms with Crippen LogP contribution in [0.15, 0.2) is 29.2 Å². The molecule has 0 aliphatic carbocycles. The van der Waals surface area contributed by atoms with E-state index >= 15 is 0 Å². The zero-order chi connectivity index (χ0) is 19.4. The van der Waals surface area contributed by atoms with E-state index in [0.717, 1.165) is 25.9 Å². The number of nitrogens with one attached hydrogen (secondary N) is 2. The summed E-state index contributed by atoms with van der Waals surface area (Å²) in [4.78, 5) is 22.7. The second-order valence-electron chi connectivity index (χ2n) is 7.01. The lowest BCUT2D eigenvalue weighted by atomic mass is 9.97. The second-order valence-corrected chi connectivity index (χ2v) is 8.94. The molecular formula is C17H24N4O5S. The van der Waals surface area contributed by atoms with E-state index in [1.54, 1.807) is 0 Å². The minimum atomic E-state index is -3.79. The molecule has 9 nitrogen and oxygen atoms in total. The van der Waals surface area contributed by atoms with E-state index in [1.165, 1.54) is 28.6 Å². The van der Waals surface area contributed by atoms with Gasteiger partial charge in [0, 0.05) is 37.8 Å². The molecule has 0 saturated carbocycles. The molecule has 2 aliphatic heterocycles. The number of rotatable bonds is 5. The van der Waals surface area contributed by atoms with E-state index in [2.05, 4.69) is 10.6 Å². The Morgan fingerprint density at radius 1 is 1.22 bits per heavy atom. The summed E-state index contributed by atoms with van der Waals surface area (Å²) < 4.78 is 27.0. The molecule has 10 heteroatoms. The van der Waals surface area contributed by atoms with Crippen LogP contribution in [0.5, 0.6) is 0 Å². The molecule has 1 aromatic carbocycles. The van der Waals surface area contributed by atoms with Gasteiger partial charge >= 0.3 is 0 Å². The first-order valence-corrected chi connectivity index (χ1v) is 10.6. The van der Waals surface area contributed by atoms with E-state index in [9.17, 15) is 23.3 Å². The average molecular weight is 396 g/mol. The summed E-state index contributed by atoms with van der Waals surface area (Å²) in [5.74, 6) is -0.485. The maximum atomic E-state index is 12.8. The van der Waals surface area contributed by atoms with Crippen LogP contribution < -0.4 is 10.6 Å². The number of carbonyl (C=O) groups is 1. The summed E-state index contributed by atoms with van der Waals surface area (Å²) >= 11 is 0. The Morgan fingerprint density at radius 2 is 1.96 bits per heavy atom. The van der Waals surface area contributed by atoms with Crippen LogP contribution in [0.25, 0.3) is 0 Å². The maximum absolute atomic E-state index is 12.8. The van der Waals surface area contributed by atoms with Gasteiger partial charge in [-0.15, -0.1) is 0 Å². The van der Waals surface area contributed by atoms with Crippen molar-refractivity contribution in [2.24, 2.45) is 5.92 Å². The van der Waals surface area contributed by atoms with Gasteiger partial charge in [-0.2, -0.15) is 4.31 Å². The fourth-order valence-electron chi connectivity index (χ4n) is 3.56. The largest absolute Gasteiger partial charge is 0.352 e. The van der Waals surface area contributed by atoms with Gasteiger partial charge in [-0.25, -0.2) is 8.42 Å². The third-order valence-electron chi connectivity index (χ3n) is 5.08. The first-order valence-electron chi connectivity index (χ1n) is 9.13. The van der Waals surface area contributed by atoms with E-state index in [-0.39, 0.29) is 35.0 Å². The molecule has 3 rings (SSSR count). The first-order chi connectivity index (χ1) is 12.9. The summed E-state index contributed by atoms with van der Waals surface area (Å²) in [6, 6.07) is 4.93. The molecule has 2 aliphatic rings. The van der Waals surface area contributed by atoms with E-state index in [4.69, 9.17) is 0 Å². The Balaban J connectivity index is 1.67. The van der Waals surface area contributed by atoms with Crippen LogP contribution in [-0.2, 0) is 14.8 Å². The Morgan fingerprint density at radius 3 is 2.59 bits per heavy atom. The van der Waals surface area contributed by atoms with E-state index in [1.807, 2.05) is 0 Å². The summed E-state index contributed by atoms with van der Waals surface area (Å²) in [6.07, 6.45) is 3.19.